The highest BCUT2D eigenvalue weighted by molar-refractivity contribution is 5.98. The van der Waals surface area contributed by atoms with Crippen LogP contribution in [0.15, 0.2) is 36.5 Å². The largest absolute Gasteiger partial charge is 0.497 e. The average Bonchev–Trinajstić information content (AvgIpc) is 2.65. The van der Waals surface area contributed by atoms with Crippen molar-refractivity contribution in [1.82, 2.24) is 10.3 Å². The van der Waals surface area contributed by atoms with Crippen molar-refractivity contribution in [3.63, 3.8) is 0 Å². The Labute approximate surface area is 147 Å². The molecule has 7 heteroatoms. The van der Waals surface area contributed by atoms with E-state index in [0.29, 0.717) is 28.4 Å². The number of anilines is 1. The van der Waals surface area contributed by atoms with E-state index in [9.17, 15) is 9.90 Å². The van der Waals surface area contributed by atoms with E-state index in [0.717, 1.165) is 0 Å². The zero-order valence-corrected chi connectivity index (χ0v) is 14.8. The van der Waals surface area contributed by atoms with Crippen LogP contribution in [-0.4, -0.2) is 50.9 Å². The molecule has 0 unspecified atom stereocenters. The molecule has 134 valence electrons. The van der Waals surface area contributed by atoms with E-state index < -0.39 is 6.10 Å². The third-order valence-corrected chi connectivity index (χ3v) is 3.71. The molecule has 1 aromatic heterocycles. The number of rotatable bonds is 7. The Morgan fingerprint density at radius 3 is 2.68 bits per heavy atom. The molecule has 1 atom stereocenters. The van der Waals surface area contributed by atoms with Crippen molar-refractivity contribution < 1.29 is 19.4 Å². The van der Waals surface area contributed by atoms with Gasteiger partial charge in [0, 0.05) is 32.4 Å². The van der Waals surface area contributed by atoms with Crippen LogP contribution in [0.4, 0.5) is 5.82 Å². The lowest BCUT2D eigenvalue weighted by Crippen LogP contribution is -2.30. The molecule has 2 N–H and O–H groups in total. The summed E-state index contributed by atoms with van der Waals surface area (Å²) in [5, 5.41) is 13.2. The second-order valence-corrected chi connectivity index (χ2v) is 5.60. The molecule has 0 saturated carbocycles. The summed E-state index contributed by atoms with van der Waals surface area (Å²) >= 11 is 0. The number of pyridine rings is 1. The molecule has 0 aliphatic carbocycles. The molecule has 0 fully saturated rings. The molecular weight excluding hydrogens is 322 g/mol. The maximum Gasteiger partial charge on any atom is 0.255 e. The van der Waals surface area contributed by atoms with Crippen LogP contribution in [0.2, 0.25) is 0 Å². The minimum absolute atomic E-state index is 0.0319. The van der Waals surface area contributed by atoms with E-state index in [2.05, 4.69) is 10.3 Å². The predicted octanol–water partition coefficient (Wildman–Crippen LogP) is 1.63. The molecular formula is C18H23N3O4. The maximum absolute atomic E-state index is 12.4. The van der Waals surface area contributed by atoms with Crippen molar-refractivity contribution >= 4 is 11.7 Å². The van der Waals surface area contributed by atoms with Gasteiger partial charge in [0.25, 0.3) is 5.91 Å². The summed E-state index contributed by atoms with van der Waals surface area (Å²) in [5.74, 6) is 1.38. The number of nitrogens with one attached hydrogen (secondary N) is 1. The van der Waals surface area contributed by atoms with Gasteiger partial charge in [0.05, 0.1) is 19.8 Å². The molecule has 25 heavy (non-hydrogen) atoms. The van der Waals surface area contributed by atoms with Crippen molar-refractivity contribution in [2.45, 2.75) is 6.10 Å². The number of nitrogens with zero attached hydrogens (tertiary/aromatic N) is 2. The lowest BCUT2D eigenvalue weighted by Gasteiger charge is -2.18. The van der Waals surface area contributed by atoms with Crippen molar-refractivity contribution in [1.29, 1.82) is 0 Å². The van der Waals surface area contributed by atoms with Gasteiger partial charge in [-0.2, -0.15) is 0 Å². The summed E-state index contributed by atoms with van der Waals surface area (Å²) in [4.78, 5) is 18.4. The van der Waals surface area contributed by atoms with Crippen LogP contribution in [-0.2, 0) is 0 Å². The van der Waals surface area contributed by atoms with Crippen LogP contribution >= 0.6 is 0 Å². The number of hydrogen-bond donors (Lipinski definition) is 2. The SMILES string of the molecule is COc1ccc(OC)c([C@H](O)CNC(=O)c2cccnc2N(C)C)c1. The van der Waals surface area contributed by atoms with E-state index >= 15 is 0 Å². The third kappa shape index (κ3) is 4.39. The van der Waals surface area contributed by atoms with Gasteiger partial charge in [-0.05, 0) is 30.3 Å². The number of carbonyl (C=O) groups excluding carboxylic acids is 1. The van der Waals surface area contributed by atoms with Crippen LogP contribution in [0.1, 0.15) is 22.0 Å². The lowest BCUT2D eigenvalue weighted by atomic mass is 10.1. The number of benzene rings is 1. The number of aromatic nitrogens is 1. The maximum atomic E-state index is 12.4. The van der Waals surface area contributed by atoms with Gasteiger partial charge >= 0.3 is 0 Å². The van der Waals surface area contributed by atoms with Crippen molar-refractivity contribution in [2.75, 3.05) is 39.8 Å². The van der Waals surface area contributed by atoms with Gasteiger partial charge in [-0.25, -0.2) is 4.98 Å². The quantitative estimate of drug-likeness (QED) is 0.793. The molecule has 1 amide bonds. The number of amides is 1. The highest BCUT2D eigenvalue weighted by atomic mass is 16.5. The minimum Gasteiger partial charge on any atom is -0.497 e. The number of carbonyl (C=O) groups is 1. The second kappa shape index (κ2) is 8.34. The number of methoxy groups -OCH3 is 2. The first kappa shape index (κ1) is 18.5. The van der Waals surface area contributed by atoms with Crippen LogP contribution in [0, 0.1) is 0 Å². The Balaban J connectivity index is 2.12. The summed E-state index contributed by atoms with van der Waals surface area (Å²) in [7, 11) is 6.70. The van der Waals surface area contributed by atoms with Gasteiger partial charge in [-0.3, -0.25) is 4.79 Å². The molecule has 0 bridgehead atoms. The monoisotopic (exact) mass is 345 g/mol. The predicted molar refractivity (Wildman–Crippen MR) is 95.4 cm³/mol. The third-order valence-electron chi connectivity index (χ3n) is 3.71. The Bertz CT molecular complexity index is 734. The van der Waals surface area contributed by atoms with E-state index in [1.165, 1.54) is 7.11 Å². The first-order chi connectivity index (χ1) is 12.0. The summed E-state index contributed by atoms with van der Waals surface area (Å²) in [6.07, 6.45) is 0.690. The first-order valence-electron chi connectivity index (χ1n) is 7.78. The molecule has 0 saturated heterocycles. The molecule has 0 spiro atoms. The molecule has 1 heterocycles. The van der Waals surface area contributed by atoms with E-state index in [1.54, 1.807) is 48.5 Å². The van der Waals surface area contributed by atoms with E-state index in [-0.39, 0.29) is 12.5 Å². The van der Waals surface area contributed by atoms with Gasteiger partial charge < -0.3 is 24.8 Å². The minimum atomic E-state index is -0.937. The molecule has 0 aliphatic heterocycles. The fourth-order valence-corrected chi connectivity index (χ4v) is 2.42. The number of aliphatic hydroxyl groups excluding tert-OH is 1. The summed E-state index contributed by atoms with van der Waals surface area (Å²) in [6.45, 7) is 0.0319. The molecule has 7 nitrogen and oxygen atoms in total. The summed E-state index contributed by atoms with van der Waals surface area (Å²) < 4.78 is 10.4. The highest BCUT2D eigenvalue weighted by Crippen LogP contribution is 2.29. The van der Waals surface area contributed by atoms with Crippen molar-refractivity contribution in [3.05, 3.63) is 47.7 Å². The summed E-state index contributed by atoms with van der Waals surface area (Å²) in [6, 6.07) is 8.53. The van der Waals surface area contributed by atoms with Gasteiger partial charge in [0.15, 0.2) is 0 Å². The zero-order valence-electron chi connectivity index (χ0n) is 14.8. The molecule has 2 rings (SSSR count). The fraction of sp³-hybridized carbons (Fsp3) is 0.333. The summed E-state index contributed by atoms with van der Waals surface area (Å²) in [5.41, 5.74) is 0.985. The highest BCUT2D eigenvalue weighted by Gasteiger charge is 2.18. The normalized spacial score (nSPS) is 11.6. The van der Waals surface area contributed by atoms with Crippen molar-refractivity contribution in [3.8, 4) is 11.5 Å². The van der Waals surface area contributed by atoms with Gasteiger partial charge in [-0.15, -0.1) is 0 Å². The lowest BCUT2D eigenvalue weighted by molar-refractivity contribution is 0.0914. The molecule has 0 radical (unpaired) electrons. The standard InChI is InChI=1S/C18H23N3O4/c1-21(2)17-13(6-5-9-19-17)18(23)20-11-15(22)14-10-12(24-3)7-8-16(14)25-4/h5-10,15,22H,11H2,1-4H3,(H,20,23)/t15-/m1/s1. The fourth-order valence-electron chi connectivity index (χ4n) is 2.42. The van der Waals surface area contributed by atoms with Crippen LogP contribution in [0.25, 0.3) is 0 Å². The molecule has 1 aromatic carbocycles. The average molecular weight is 345 g/mol. The van der Waals surface area contributed by atoms with E-state index in [1.807, 2.05) is 14.1 Å². The van der Waals surface area contributed by atoms with Gasteiger partial charge in [0.1, 0.15) is 23.4 Å². The Morgan fingerprint density at radius 1 is 1.28 bits per heavy atom. The zero-order chi connectivity index (χ0) is 18.4. The first-order valence-corrected chi connectivity index (χ1v) is 7.78. The van der Waals surface area contributed by atoms with Crippen LogP contribution in [0.5, 0.6) is 11.5 Å². The second-order valence-electron chi connectivity index (χ2n) is 5.60. The molecule has 0 aliphatic rings. The van der Waals surface area contributed by atoms with Gasteiger partial charge in [-0.1, -0.05) is 0 Å². The van der Waals surface area contributed by atoms with Crippen LogP contribution in [0.3, 0.4) is 0 Å². The Hall–Kier alpha value is -2.80. The molecule has 2 aromatic rings. The smallest absolute Gasteiger partial charge is 0.255 e. The Kier molecular flexibility index (Phi) is 6.19. The van der Waals surface area contributed by atoms with Gasteiger partial charge in [0.2, 0.25) is 0 Å². The Morgan fingerprint density at radius 2 is 2.04 bits per heavy atom. The van der Waals surface area contributed by atoms with E-state index in [4.69, 9.17) is 9.47 Å². The van der Waals surface area contributed by atoms with Crippen molar-refractivity contribution in [2.24, 2.45) is 0 Å². The number of hydrogen-bond acceptors (Lipinski definition) is 6. The number of ether oxygens (including phenoxy) is 2. The topological polar surface area (TPSA) is 83.9 Å². The van der Waals surface area contributed by atoms with Crippen LogP contribution < -0.4 is 19.7 Å². The number of aliphatic hydroxyl groups is 1.